The van der Waals surface area contributed by atoms with Crippen LogP contribution in [0.2, 0.25) is 0 Å². The summed E-state index contributed by atoms with van der Waals surface area (Å²) in [5.74, 6) is -0.682. The van der Waals surface area contributed by atoms with Crippen LogP contribution in [0.5, 0.6) is 0 Å². The molecular weight excluding hydrogens is 269 g/mol. The molecule has 0 saturated carbocycles. The molecule has 6 heteroatoms. The maximum atomic E-state index is 13.5. The SMILES string of the molecule is CC(C)(C)NCC(O)c1cc(F)c(N)c(C#N)c1.Cl. The number of aliphatic hydroxyl groups excluding tert-OH is 1. The van der Waals surface area contributed by atoms with Crippen molar-refractivity contribution in [2.75, 3.05) is 12.3 Å². The Morgan fingerprint density at radius 3 is 2.53 bits per heavy atom. The van der Waals surface area contributed by atoms with Crippen LogP contribution in [0.4, 0.5) is 10.1 Å². The quantitative estimate of drug-likeness (QED) is 0.744. The predicted octanol–water partition coefficient (Wildman–Crippen LogP) is 2.12. The first-order valence-electron chi connectivity index (χ1n) is 5.66. The van der Waals surface area contributed by atoms with Crippen molar-refractivity contribution in [3.8, 4) is 6.07 Å². The van der Waals surface area contributed by atoms with Crippen LogP contribution >= 0.6 is 12.4 Å². The number of nitriles is 1. The summed E-state index contributed by atoms with van der Waals surface area (Å²) in [4.78, 5) is 0. The van der Waals surface area contributed by atoms with Crippen molar-refractivity contribution in [1.29, 1.82) is 5.26 Å². The fourth-order valence-electron chi connectivity index (χ4n) is 1.44. The van der Waals surface area contributed by atoms with Gasteiger partial charge in [0, 0.05) is 12.1 Å². The van der Waals surface area contributed by atoms with Gasteiger partial charge >= 0.3 is 0 Å². The van der Waals surface area contributed by atoms with Gasteiger partial charge in [0.2, 0.25) is 0 Å². The van der Waals surface area contributed by atoms with Crippen molar-refractivity contribution in [1.82, 2.24) is 5.32 Å². The Hall–Kier alpha value is -1.35. The van der Waals surface area contributed by atoms with Crippen molar-refractivity contribution in [3.63, 3.8) is 0 Å². The summed E-state index contributed by atoms with van der Waals surface area (Å²) < 4.78 is 13.5. The third-order valence-corrected chi connectivity index (χ3v) is 2.48. The normalized spacial score (nSPS) is 12.4. The molecule has 0 aliphatic rings. The average molecular weight is 288 g/mol. The minimum Gasteiger partial charge on any atom is -0.395 e. The van der Waals surface area contributed by atoms with Crippen LogP contribution in [0.25, 0.3) is 0 Å². The van der Waals surface area contributed by atoms with Gasteiger partial charge in [-0.05, 0) is 38.5 Å². The number of nitrogens with one attached hydrogen (secondary N) is 1. The van der Waals surface area contributed by atoms with Crippen LogP contribution in [0.15, 0.2) is 12.1 Å². The molecule has 4 N–H and O–H groups in total. The van der Waals surface area contributed by atoms with Gasteiger partial charge in [0.05, 0.1) is 17.4 Å². The zero-order valence-corrected chi connectivity index (χ0v) is 12.0. The van der Waals surface area contributed by atoms with Crippen molar-refractivity contribution in [3.05, 3.63) is 29.1 Å². The Morgan fingerprint density at radius 1 is 1.47 bits per heavy atom. The van der Waals surface area contributed by atoms with Crippen LogP contribution in [-0.2, 0) is 0 Å². The van der Waals surface area contributed by atoms with Gasteiger partial charge in [-0.2, -0.15) is 5.26 Å². The van der Waals surface area contributed by atoms with E-state index in [4.69, 9.17) is 11.0 Å². The van der Waals surface area contributed by atoms with E-state index in [2.05, 4.69) is 5.32 Å². The van der Waals surface area contributed by atoms with E-state index in [9.17, 15) is 9.50 Å². The number of β-amino-alcohol motifs (C(OH)–C–C–N with tert-alkyl or cyclic N) is 1. The number of hydrogen-bond donors (Lipinski definition) is 3. The number of rotatable bonds is 3. The average Bonchev–Trinajstić information content (AvgIpc) is 2.28. The number of aliphatic hydroxyl groups is 1. The van der Waals surface area contributed by atoms with Gasteiger partial charge in [0.25, 0.3) is 0 Å². The zero-order chi connectivity index (χ0) is 13.9. The highest BCUT2D eigenvalue weighted by atomic mass is 35.5. The maximum absolute atomic E-state index is 13.5. The molecule has 0 aromatic heterocycles. The smallest absolute Gasteiger partial charge is 0.147 e. The second kappa shape index (κ2) is 6.71. The number of halogens is 2. The second-order valence-electron chi connectivity index (χ2n) is 5.22. The number of nitrogen functional groups attached to an aromatic ring is 1. The van der Waals surface area contributed by atoms with Gasteiger partial charge in [-0.15, -0.1) is 12.4 Å². The molecule has 19 heavy (non-hydrogen) atoms. The van der Waals surface area contributed by atoms with Crippen LogP contribution in [0, 0.1) is 17.1 Å². The fourth-order valence-corrected chi connectivity index (χ4v) is 1.44. The van der Waals surface area contributed by atoms with E-state index in [0.717, 1.165) is 6.07 Å². The summed E-state index contributed by atoms with van der Waals surface area (Å²) in [6, 6.07) is 4.38. The van der Waals surface area contributed by atoms with E-state index in [1.54, 1.807) is 0 Å². The molecule has 0 heterocycles. The Bertz CT molecular complexity index is 480. The van der Waals surface area contributed by atoms with E-state index in [1.165, 1.54) is 6.07 Å². The zero-order valence-electron chi connectivity index (χ0n) is 11.2. The molecule has 0 spiro atoms. The van der Waals surface area contributed by atoms with Crippen LogP contribution in [-0.4, -0.2) is 17.2 Å². The summed E-state index contributed by atoms with van der Waals surface area (Å²) in [5, 5.41) is 21.9. The molecule has 1 atom stereocenters. The molecule has 0 amide bonds. The van der Waals surface area contributed by atoms with Crippen molar-refractivity contribution >= 4 is 18.1 Å². The van der Waals surface area contributed by atoms with Gasteiger partial charge in [0.15, 0.2) is 0 Å². The second-order valence-corrected chi connectivity index (χ2v) is 5.22. The molecule has 106 valence electrons. The molecule has 0 aliphatic carbocycles. The van der Waals surface area contributed by atoms with Crippen molar-refractivity contribution < 1.29 is 9.50 Å². The van der Waals surface area contributed by atoms with Crippen molar-refractivity contribution in [2.45, 2.75) is 32.4 Å². The molecule has 0 bridgehead atoms. The van der Waals surface area contributed by atoms with E-state index in [1.807, 2.05) is 26.8 Å². The summed E-state index contributed by atoms with van der Waals surface area (Å²) in [6.07, 6.45) is -0.883. The maximum Gasteiger partial charge on any atom is 0.147 e. The largest absolute Gasteiger partial charge is 0.395 e. The highest BCUT2D eigenvalue weighted by molar-refractivity contribution is 5.85. The number of nitrogens with zero attached hydrogens (tertiary/aromatic N) is 1. The first-order valence-corrected chi connectivity index (χ1v) is 5.66. The van der Waals surface area contributed by atoms with Gasteiger partial charge in [-0.1, -0.05) is 0 Å². The number of anilines is 1. The van der Waals surface area contributed by atoms with E-state index < -0.39 is 11.9 Å². The summed E-state index contributed by atoms with van der Waals surface area (Å²) in [7, 11) is 0. The highest BCUT2D eigenvalue weighted by Crippen LogP contribution is 2.22. The van der Waals surface area contributed by atoms with Crippen molar-refractivity contribution in [2.24, 2.45) is 0 Å². The molecule has 1 rings (SSSR count). The monoisotopic (exact) mass is 287 g/mol. The standard InChI is InChI=1S/C13H18FN3O.ClH/c1-13(2,3)17-7-11(18)8-4-9(6-15)12(16)10(14)5-8;/h4-5,11,17-18H,7,16H2,1-3H3;1H. The molecular formula is C13H19ClFN3O. The van der Waals surface area contributed by atoms with Crippen LogP contribution in [0.1, 0.15) is 38.0 Å². The number of hydrogen-bond acceptors (Lipinski definition) is 4. The Labute approximate surface area is 118 Å². The van der Waals surface area contributed by atoms with Crippen LogP contribution in [0.3, 0.4) is 0 Å². The van der Waals surface area contributed by atoms with Crippen LogP contribution < -0.4 is 11.1 Å². The van der Waals surface area contributed by atoms with Gasteiger partial charge < -0.3 is 16.2 Å². The Morgan fingerprint density at radius 2 is 2.05 bits per heavy atom. The summed E-state index contributed by atoms with van der Waals surface area (Å²) in [5.41, 5.74) is 5.46. The molecule has 0 radical (unpaired) electrons. The Balaban J connectivity index is 0.00000324. The van der Waals surface area contributed by atoms with Gasteiger partial charge in [-0.25, -0.2) is 4.39 Å². The highest BCUT2D eigenvalue weighted by Gasteiger charge is 2.16. The summed E-state index contributed by atoms with van der Waals surface area (Å²) in [6.45, 7) is 6.16. The van der Waals surface area contributed by atoms with E-state index in [-0.39, 0.29) is 35.7 Å². The van der Waals surface area contributed by atoms with E-state index >= 15 is 0 Å². The number of benzene rings is 1. The number of nitrogens with two attached hydrogens (primary N) is 1. The summed E-state index contributed by atoms with van der Waals surface area (Å²) >= 11 is 0. The first kappa shape index (κ1) is 17.6. The lowest BCUT2D eigenvalue weighted by Gasteiger charge is -2.23. The molecule has 1 aromatic carbocycles. The third kappa shape index (κ3) is 5.03. The third-order valence-electron chi connectivity index (χ3n) is 2.48. The lowest BCUT2D eigenvalue weighted by molar-refractivity contribution is 0.163. The topological polar surface area (TPSA) is 82.1 Å². The van der Waals surface area contributed by atoms with Gasteiger partial charge in [0.1, 0.15) is 11.9 Å². The molecule has 0 saturated heterocycles. The minimum absolute atomic E-state index is 0. The first-order chi connectivity index (χ1) is 8.24. The minimum atomic E-state index is -0.883. The lowest BCUT2D eigenvalue weighted by Crippen LogP contribution is -2.38. The lowest BCUT2D eigenvalue weighted by atomic mass is 10.0. The molecule has 4 nitrogen and oxygen atoms in total. The predicted molar refractivity (Wildman–Crippen MR) is 75.5 cm³/mol. The fraction of sp³-hybridized carbons (Fsp3) is 0.462. The Kier molecular flexibility index (Phi) is 6.23. The van der Waals surface area contributed by atoms with Gasteiger partial charge in [-0.3, -0.25) is 0 Å². The molecule has 0 fully saturated rings. The molecule has 1 aromatic rings. The van der Waals surface area contributed by atoms with E-state index in [0.29, 0.717) is 5.56 Å². The molecule has 1 unspecified atom stereocenters. The molecule has 0 aliphatic heterocycles.